The zero-order valence-corrected chi connectivity index (χ0v) is 11.5. The van der Waals surface area contributed by atoms with E-state index >= 15 is 0 Å². The van der Waals surface area contributed by atoms with E-state index in [1.165, 1.54) is 7.11 Å². The molecule has 108 valence electrons. The van der Waals surface area contributed by atoms with Gasteiger partial charge in [-0.25, -0.2) is 4.98 Å². The van der Waals surface area contributed by atoms with Crippen molar-refractivity contribution in [2.45, 2.75) is 0 Å². The summed E-state index contributed by atoms with van der Waals surface area (Å²) < 4.78 is 5.04. The fourth-order valence-electron chi connectivity index (χ4n) is 1.65. The lowest BCUT2D eigenvalue weighted by atomic mass is 10.2. The van der Waals surface area contributed by atoms with E-state index in [1.807, 2.05) is 0 Å². The van der Waals surface area contributed by atoms with Crippen LogP contribution in [-0.2, 0) is 4.79 Å². The molecular formula is C15H15N3O3. The normalized spacial score (nSPS) is 9.76. The van der Waals surface area contributed by atoms with Crippen LogP contribution in [0.4, 0.5) is 5.82 Å². The van der Waals surface area contributed by atoms with Crippen LogP contribution in [0.15, 0.2) is 48.7 Å². The average molecular weight is 285 g/mol. The second-order valence-electron chi connectivity index (χ2n) is 4.18. The molecule has 2 rings (SSSR count). The molecule has 2 amide bonds. The van der Waals surface area contributed by atoms with E-state index in [-0.39, 0.29) is 18.4 Å². The number of carbonyl (C=O) groups excluding carboxylic acids is 2. The fourth-order valence-corrected chi connectivity index (χ4v) is 1.65. The van der Waals surface area contributed by atoms with Gasteiger partial charge in [-0.15, -0.1) is 0 Å². The number of anilines is 1. The van der Waals surface area contributed by atoms with Gasteiger partial charge in [0.15, 0.2) is 0 Å². The van der Waals surface area contributed by atoms with E-state index in [9.17, 15) is 9.59 Å². The van der Waals surface area contributed by atoms with Gasteiger partial charge in [0.05, 0.1) is 13.7 Å². The molecule has 0 fully saturated rings. The molecule has 21 heavy (non-hydrogen) atoms. The predicted octanol–water partition coefficient (Wildman–Crippen LogP) is 1.46. The molecule has 2 aromatic rings. The summed E-state index contributed by atoms with van der Waals surface area (Å²) in [7, 11) is 1.53. The topological polar surface area (TPSA) is 80.3 Å². The maximum Gasteiger partial charge on any atom is 0.251 e. The Morgan fingerprint density at radius 3 is 2.76 bits per heavy atom. The van der Waals surface area contributed by atoms with E-state index in [1.54, 1.807) is 48.7 Å². The van der Waals surface area contributed by atoms with Crippen LogP contribution in [0.3, 0.4) is 0 Å². The summed E-state index contributed by atoms with van der Waals surface area (Å²) in [5.41, 5.74) is 0.431. The predicted molar refractivity (Wildman–Crippen MR) is 78.2 cm³/mol. The smallest absolute Gasteiger partial charge is 0.251 e. The molecule has 0 bridgehead atoms. The third-order valence-corrected chi connectivity index (χ3v) is 2.67. The minimum absolute atomic E-state index is 0.132. The van der Waals surface area contributed by atoms with Crippen molar-refractivity contribution < 1.29 is 14.3 Å². The third-order valence-electron chi connectivity index (χ3n) is 2.67. The van der Waals surface area contributed by atoms with Crippen LogP contribution in [-0.4, -0.2) is 30.5 Å². The van der Waals surface area contributed by atoms with Gasteiger partial charge in [-0.05, 0) is 30.3 Å². The molecule has 0 radical (unpaired) electrons. The van der Waals surface area contributed by atoms with Crippen molar-refractivity contribution >= 4 is 17.6 Å². The number of hydrogen-bond acceptors (Lipinski definition) is 4. The van der Waals surface area contributed by atoms with Gasteiger partial charge >= 0.3 is 0 Å². The second kappa shape index (κ2) is 7.04. The van der Waals surface area contributed by atoms with Gasteiger partial charge in [0.2, 0.25) is 5.91 Å². The van der Waals surface area contributed by atoms with Gasteiger partial charge in [0.1, 0.15) is 11.6 Å². The van der Waals surface area contributed by atoms with Crippen molar-refractivity contribution in [3.8, 4) is 5.75 Å². The number of rotatable bonds is 5. The monoisotopic (exact) mass is 285 g/mol. The summed E-state index contributed by atoms with van der Waals surface area (Å²) in [6, 6.07) is 11.9. The van der Waals surface area contributed by atoms with Crippen molar-refractivity contribution in [3.05, 3.63) is 54.2 Å². The molecule has 0 saturated carbocycles. The Hall–Kier alpha value is -2.89. The zero-order valence-electron chi connectivity index (χ0n) is 11.5. The molecule has 0 aliphatic rings. The van der Waals surface area contributed by atoms with Gasteiger partial charge in [0, 0.05) is 11.8 Å². The van der Waals surface area contributed by atoms with Crippen molar-refractivity contribution in [2.75, 3.05) is 19.0 Å². The summed E-state index contributed by atoms with van der Waals surface area (Å²) in [5.74, 6) is 0.341. The van der Waals surface area contributed by atoms with Crippen molar-refractivity contribution in [1.82, 2.24) is 10.3 Å². The molecule has 0 saturated heterocycles. The Bertz CT molecular complexity index is 629. The summed E-state index contributed by atoms with van der Waals surface area (Å²) in [6.45, 7) is -0.132. The Labute approximate surface area is 122 Å². The first-order valence-corrected chi connectivity index (χ1v) is 6.32. The minimum Gasteiger partial charge on any atom is -0.497 e. The lowest BCUT2D eigenvalue weighted by Crippen LogP contribution is -2.33. The molecule has 0 aliphatic carbocycles. The quantitative estimate of drug-likeness (QED) is 0.871. The molecule has 0 atom stereocenters. The average Bonchev–Trinajstić information content (AvgIpc) is 2.53. The highest BCUT2D eigenvalue weighted by molar-refractivity contribution is 5.99. The summed E-state index contributed by atoms with van der Waals surface area (Å²) in [4.78, 5) is 27.6. The molecule has 2 N–H and O–H groups in total. The SMILES string of the molecule is COc1cccc(C(=O)NCC(=O)Nc2ccccn2)c1. The number of nitrogens with zero attached hydrogens (tertiary/aromatic N) is 1. The minimum atomic E-state index is -0.343. The maximum atomic E-state index is 11.9. The first-order chi connectivity index (χ1) is 10.2. The number of aromatic nitrogens is 1. The molecule has 1 aromatic carbocycles. The lowest BCUT2D eigenvalue weighted by Gasteiger charge is -2.07. The summed E-state index contributed by atoms with van der Waals surface area (Å²) in [6.07, 6.45) is 1.57. The van der Waals surface area contributed by atoms with Crippen molar-refractivity contribution in [2.24, 2.45) is 0 Å². The maximum absolute atomic E-state index is 11.9. The van der Waals surface area contributed by atoms with E-state index in [0.29, 0.717) is 17.1 Å². The number of ether oxygens (including phenoxy) is 1. The van der Waals surface area contributed by atoms with Gasteiger partial charge in [-0.2, -0.15) is 0 Å². The van der Waals surface area contributed by atoms with Gasteiger partial charge in [0.25, 0.3) is 5.91 Å². The Morgan fingerprint density at radius 1 is 1.19 bits per heavy atom. The van der Waals surface area contributed by atoms with Crippen LogP contribution in [0.25, 0.3) is 0 Å². The molecule has 6 nitrogen and oxygen atoms in total. The molecule has 1 aromatic heterocycles. The number of hydrogen-bond donors (Lipinski definition) is 2. The van der Waals surface area contributed by atoms with Crippen molar-refractivity contribution in [1.29, 1.82) is 0 Å². The Balaban J connectivity index is 1.87. The van der Waals surface area contributed by atoms with E-state index in [4.69, 9.17) is 4.74 Å². The molecule has 0 spiro atoms. The van der Waals surface area contributed by atoms with Crippen LogP contribution < -0.4 is 15.4 Å². The number of carbonyl (C=O) groups is 2. The first-order valence-electron chi connectivity index (χ1n) is 6.32. The Morgan fingerprint density at radius 2 is 2.05 bits per heavy atom. The molecule has 0 aliphatic heterocycles. The Kier molecular flexibility index (Phi) is 4.87. The molecule has 6 heteroatoms. The molecule has 1 heterocycles. The number of methoxy groups -OCH3 is 1. The van der Waals surface area contributed by atoms with Crippen LogP contribution >= 0.6 is 0 Å². The van der Waals surface area contributed by atoms with Crippen LogP contribution in [0, 0.1) is 0 Å². The summed E-state index contributed by atoms with van der Waals surface area (Å²) in [5, 5.41) is 5.12. The van der Waals surface area contributed by atoms with Crippen LogP contribution in [0.5, 0.6) is 5.75 Å². The van der Waals surface area contributed by atoms with Crippen molar-refractivity contribution in [3.63, 3.8) is 0 Å². The highest BCUT2D eigenvalue weighted by Crippen LogP contribution is 2.12. The molecular weight excluding hydrogens is 270 g/mol. The number of amides is 2. The van der Waals surface area contributed by atoms with E-state index in [0.717, 1.165) is 0 Å². The molecule has 0 unspecified atom stereocenters. The highest BCUT2D eigenvalue weighted by Gasteiger charge is 2.09. The summed E-state index contributed by atoms with van der Waals surface area (Å²) >= 11 is 0. The number of pyridine rings is 1. The standard InChI is InChI=1S/C15H15N3O3/c1-21-12-6-4-5-11(9-12)15(20)17-10-14(19)18-13-7-2-3-8-16-13/h2-9H,10H2,1H3,(H,17,20)(H,16,18,19). The zero-order chi connectivity index (χ0) is 15.1. The number of benzene rings is 1. The highest BCUT2D eigenvalue weighted by atomic mass is 16.5. The number of nitrogens with one attached hydrogen (secondary N) is 2. The largest absolute Gasteiger partial charge is 0.497 e. The van der Waals surface area contributed by atoms with Crippen LogP contribution in [0.2, 0.25) is 0 Å². The van der Waals surface area contributed by atoms with E-state index in [2.05, 4.69) is 15.6 Å². The van der Waals surface area contributed by atoms with E-state index < -0.39 is 0 Å². The fraction of sp³-hybridized carbons (Fsp3) is 0.133. The van der Waals surface area contributed by atoms with Gasteiger partial charge < -0.3 is 15.4 Å². The first kappa shape index (κ1) is 14.5. The van der Waals surface area contributed by atoms with Gasteiger partial charge in [-0.1, -0.05) is 12.1 Å². The van der Waals surface area contributed by atoms with Gasteiger partial charge in [-0.3, -0.25) is 9.59 Å². The second-order valence-corrected chi connectivity index (χ2v) is 4.18. The third kappa shape index (κ3) is 4.31. The lowest BCUT2D eigenvalue weighted by molar-refractivity contribution is -0.115. The van der Waals surface area contributed by atoms with Crippen LogP contribution in [0.1, 0.15) is 10.4 Å².